The van der Waals surface area contributed by atoms with Crippen molar-refractivity contribution in [3.63, 3.8) is 0 Å². The second-order valence-corrected chi connectivity index (χ2v) is 5.46. The summed E-state index contributed by atoms with van der Waals surface area (Å²) >= 11 is 3.84. The molecule has 0 saturated heterocycles. The quantitative estimate of drug-likeness (QED) is 0.476. The van der Waals surface area contributed by atoms with Crippen LogP contribution in [0.25, 0.3) is 0 Å². The lowest BCUT2D eigenvalue weighted by Crippen LogP contribution is -2.10. The average molecular weight is 253 g/mol. The van der Waals surface area contributed by atoms with Crippen molar-refractivity contribution in [2.75, 3.05) is 0 Å². The normalized spacial score (nSPS) is 32.1. The molecule has 1 heteroatoms. The maximum atomic E-state index is 3.84. The maximum Gasteiger partial charge on any atom is 0.0426 e. The molecule has 1 aliphatic carbocycles. The first kappa shape index (κ1) is 10.2. The van der Waals surface area contributed by atoms with Gasteiger partial charge in [-0.2, -0.15) is 0 Å². The zero-order valence-electron chi connectivity index (χ0n) is 8.83. The summed E-state index contributed by atoms with van der Waals surface area (Å²) in [5, 5.41) is 0. The van der Waals surface area contributed by atoms with E-state index in [9.17, 15) is 0 Å². The molecule has 0 aromatic heterocycles. The van der Waals surface area contributed by atoms with Gasteiger partial charge >= 0.3 is 0 Å². The van der Waals surface area contributed by atoms with Crippen molar-refractivity contribution in [1.82, 2.24) is 0 Å². The summed E-state index contributed by atoms with van der Waals surface area (Å²) < 4.78 is 0. The Morgan fingerprint density at radius 1 is 1.21 bits per heavy atom. The molecule has 76 valence electrons. The Balaban J connectivity index is 2.40. The Hall–Kier alpha value is -0.300. The largest absolute Gasteiger partial charge is 0.0836 e. The maximum absolute atomic E-state index is 3.84. The van der Waals surface area contributed by atoms with Crippen LogP contribution in [0.15, 0.2) is 24.3 Å². The Labute approximate surface area is 94.8 Å². The Morgan fingerprint density at radius 3 is 2.71 bits per heavy atom. The highest BCUT2D eigenvalue weighted by molar-refractivity contribution is 9.09. The van der Waals surface area contributed by atoms with Crippen molar-refractivity contribution in [2.24, 2.45) is 11.8 Å². The van der Waals surface area contributed by atoms with Crippen LogP contribution < -0.4 is 0 Å². The van der Waals surface area contributed by atoms with Gasteiger partial charge < -0.3 is 0 Å². The predicted octanol–water partition coefficient (Wildman–Crippen LogP) is 4.34. The lowest BCUT2D eigenvalue weighted by atomic mass is 9.90. The van der Waals surface area contributed by atoms with E-state index in [1.54, 1.807) is 0 Å². The number of hydrogen-bond acceptors (Lipinski definition) is 0. The Bertz CT molecular complexity index is 319. The molecule has 0 amide bonds. The topological polar surface area (TPSA) is 0 Å². The van der Waals surface area contributed by atoms with Gasteiger partial charge in [0.05, 0.1) is 0 Å². The van der Waals surface area contributed by atoms with Crippen molar-refractivity contribution >= 4 is 15.9 Å². The van der Waals surface area contributed by atoms with Crippen molar-refractivity contribution in [3.8, 4) is 0 Å². The molecule has 1 aromatic carbocycles. The van der Waals surface area contributed by atoms with E-state index in [0.29, 0.717) is 4.83 Å². The minimum Gasteiger partial charge on any atom is -0.0836 e. The molecule has 0 saturated carbocycles. The van der Waals surface area contributed by atoms with E-state index in [1.807, 2.05) is 0 Å². The number of benzene rings is 1. The fourth-order valence-electron chi connectivity index (χ4n) is 2.25. The fraction of sp³-hybridized carbons (Fsp3) is 0.538. The molecular formula is C13H17Br. The fourth-order valence-corrected chi connectivity index (χ4v) is 3.22. The second kappa shape index (κ2) is 4.06. The van der Waals surface area contributed by atoms with E-state index in [1.165, 1.54) is 24.0 Å². The third kappa shape index (κ3) is 1.75. The molecular weight excluding hydrogens is 236 g/mol. The molecule has 0 fully saturated rings. The Morgan fingerprint density at radius 2 is 1.93 bits per heavy atom. The van der Waals surface area contributed by atoms with Crippen LogP contribution in [0, 0.1) is 11.8 Å². The van der Waals surface area contributed by atoms with Gasteiger partial charge in [0.1, 0.15) is 0 Å². The first-order chi connectivity index (χ1) is 6.70. The van der Waals surface area contributed by atoms with E-state index < -0.39 is 0 Å². The van der Waals surface area contributed by atoms with Gasteiger partial charge in [-0.25, -0.2) is 0 Å². The summed E-state index contributed by atoms with van der Waals surface area (Å²) in [6.07, 6.45) is 2.56. The second-order valence-electron chi connectivity index (χ2n) is 4.48. The van der Waals surface area contributed by atoms with Gasteiger partial charge in [-0.05, 0) is 35.8 Å². The summed E-state index contributed by atoms with van der Waals surface area (Å²) in [4.78, 5) is 0.538. The summed E-state index contributed by atoms with van der Waals surface area (Å²) in [7, 11) is 0. The summed E-state index contributed by atoms with van der Waals surface area (Å²) in [5.74, 6) is 1.55. The van der Waals surface area contributed by atoms with Gasteiger partial charge in [0.25, 0.3) is 0 Å². The highest BCUT2D eigenvalue weighted by atomic mass is 79.9. The molecule has 3 unspecified atom stereocenters. The third-order valence-corrected chi connectivity index (χ3v) is 4.91. The van der Waals surface area contributed by atoms with Gasteiger partial charge in [-0.3, -0.25) is 0 Å². The van der Waals surface area contributed by atoms with Crippen molar-refractivity contribution < 1.29 is 0 Å². The predicted molar refractivity (Wildman–Crippen MR) is 64.8 cm³/mol. The number of aryl methyl sites for hydroxylation is 1. The zero-order valence-corrected chi connectivity index (χ0v) is 10.4. The van der Waals surface area contributed by atoms with Crippen molar-refractivity contribution in [2.45, 2.75) is 31.5 Å². The monoisotopic (exact) mass is 252 g/mol. The highest BCUT2D eigenvalue weighted by Crippen LogP contribution is 2.41. The minimum absolute atomic E-state index is 0.538. The molecule has 3 atom stereocenters. The van der Waals surface area contributed by atoms with Gasteiger partial charge in [0, 0.05) is 4.83 Å². The van der Waals surface area contributed by atoms with E-state index in [0.717, 1.165) is 11.8 Å². The molecule has 0 bridgehead atoms. The van der Waals surface area contributed by atoms with Gasteiger partial charge in [0.2, 0.25) is 0 Å². The van der Waals surface area contributed by atoms with Gasteiger partial charge in [0.15, 0.2) is 0 Å². The van der Waals surface area contributed by atoms with Crippen LogP contribution in [0.1, 0.15) is 36.2 Å². The lowest BCUT2D eigenvalue weighted by Gasteiger charge is -2.22. The number of alkyl halides is 1. The van der Waals surface area contributed by atoms with Crippen LogP contribution in [0.2, 0.25) is 0 Å². The van der Waals surface area contributed by atoms with Crippen LogP contribution in [-0.4, -0.2) is 0 Å². The van der Waals surface area contributed by atoms with E-state index in [4.69, 9.17) is 0 Å². The summed E-state index contributed by atoms with van der Waals surface area (Å²) in [6.45, 7) is 4.72. The number of hydrogen-bond donors (Lipinski definition) is 0. The Kier molecular flexibility index (Phi) is 2.96. The van der Waals surface area contributed by atoms with E-state index in [-0.39, 0.29) is 0 Å². The molecule has 0 nitrogen and oxygen atoms in total. The number of rotatable bonds is 0. The number of halogens is 1. The molecule has 0 spiro atoms. The molecule has 0 aliphatic heterocycles. The molecule has 1 aromatic rings. The zero-order chi connectivity index (χ0) is 10.1. The molecule has 1 aliphatic rings. The van der Waals surface area contributed by atoms with Crippen LogP contribution in [0.3, 0.4) is 0 Å². The van der Waals surface area contributed by atoms with E-state index in [2.05, 4.69) is 54.0 Å². The van der Waals surface area contributed by atoms with E-state index >= 15 is 0 Å². The minimum atomic E-state index is 0.538. The summed E-state index contributed by atoms with van der Waals surface area (Å²) in [5.41, 5.74) is 3.04. The molecule has 2 rings (SSSR count). The lowest BCUT2D eigenvalue weighted by molar-refractivity contribution is 0.373. The van der Waals surface area contributed by atoms with Crippen molar-refractivity contribution in [3.05, 3.63) is 35.4 Å². The molecule has 14 heavy (non-hydrogen) atoms. The van der Waals surface area contributed by atoms with Crippen LogP contribution in [-0.2, 0) is 6.42 Å². The van der Waals surface area contributed by atoms with Gasteiger partial charge in [-0.15, -0.1) is 0 Å². The molecule has 0 N–H and O–H groups in total. The number of fused-ring (bicyclic) bond motifs is 1. The van der Waals surface area contributed by atoms with Crippen LogP contribution >= 0.6 is 15.9 Å². The first-order valence-electron chi connectivity index (χ1n) is 5.42. The third-order valence-electron chi connectivity index (χ3n) is 3.58. The summed E-state index contributed by atoms with van der Waals surface area (Å²) in [6, 6.07) is 8.84. The highest BCUT2D eigenvalue weighted by Gasteiger charge is 2.26. The van der Waals surface area contributed by atoms with Crippen molar-refractivity contribution in [1.29, 1.82) is 0 Å². The average Bonchev–Trinajstić information content (AvgIpc) is 2.32. The standard InChI is InChI=1S/C13H17Br/c1-9-7-8-11-5-3-4-6-12(11)13(14)10(9)2/h3-6,9-10,13H,7-8H2,1-2H3. The van der Waals surface area contributed by atoms with Crippen LogP contribution in [0.4, 0.5) is 0 Å². The SMILES string of the molecule is CC1CCc2ccccc2C(Br)C1C. The smallest absolute Gasteiger partial charge is 0.0426 e. The van der Waals surface area contributed by atoms with Gasteiger partial charge in [-0.1, -0.05) is 54.0 Å². The van der Waals surface area contributed by atoms with Crippen LogP contribution in [0.5, 0.6) is 0 Å². The molecule has 0 heterocycles. The first-order valence-corrected chi connectivity index (χ1v) is 6.33. The molecule has 0 radical (unpaired) electrons.